The summed E-state index contributed by atoms with van der Waals surface area (Å²) in [6.07, 6.45) is 7.74. The summed E-state index contributed by atoms with van der Waals surface area (Å²) in [5, 5.41) is 0.236. The zero-order valence-corrected chi connectivity index (χ0v) is 17.0. The van der Waals surface area contributed by atoms with Crippen LogP contribution in [0.1, 0.15) is 85.4 Å². The summed E-state index contributed by atoms with van der Waals surface area (Å²) in [5.41, 5.74) is 5.11. The molecule has 0 fully saturated rings. The van der Waals surface area contributed by atoms with E-state index in [-0.39, 0.29) is 10.8 Å². The minimum Gasteiger partial charge on any atom is -0.118 e. The summed E-state index contributed by atoms with van der Waals surface area (Å²) >= 11 is 13.1. The van der Waals surface area contributed by atoms with Gasteiger partial charge in [-0.15, -0.1) is 23.2 Å². The molecule has 0 heterocycles. The summed E-state index contributed by atoms with van der Waals surface area (Å²) < 4.78 is 0. The fraction of sp³-hybridized carbons (Fsp3) is 0.478. The maximum atomic E-state index is 6.56. The molecule has 0 aliphatic heterocycles. The number of unbranched alkanes of at least 4 members (excludes halogenated alkanes) is 2. The highest BCUT2D eigenvalue weighted by molar-refractivity contribution is 6.21. The van der Waals surface area contributed by atoms with Crippen LogP contribution < -0.4 is 0 Å². The van der Waals surface area contributed by atoms with E-state index in [4.69, 9.17) is 23.2 Å². The summed E-state index contributed by atoms with van der Waals surface area (Å²) in [4.78, 5) is 0. The van der Waals surface area contributed by atoms with E-state index in [2.05, 4.69) is 62.4 Å². The van der Waals surface area contributed by atoms with Crippen LogP contribution >= 0.6 is 23.2 Å². The molecule has 25 heavy (non-hydrogen) atoms. The maximum absolute atomic E-state index is 6.56. The first-order valence-electron chi connectivity index (χ1n) is 9.59. The lowest BCUT2D eigenvalue weighted by Crippen LogP contribution is -1.96. The maximum Gasteiger partial charge on any atom is 0.0585 e. The van der Waals surface area contributed by atoms with E-state index in [0.717, 1.165) is 19.3 Å². The molecule has 2 heteroatoms. The molecule has 0 bridgehead atoms. The van der Waals surface area contributed by atoms with Gasteiger partial charge in [-0.2, -0.15) is 0 Å². The molecule has 0 saturated heterocycles. The van der Waals surface area contributed by atoms with Crippen molar-refractivity contribution < 1.29 is 0 Å². The largest absolute Gasteiger partial charge is 0.118 e. The number of alkyl halides is 2. The van der Waals surface area contributed by atoms with Gasteiger partial charge in [-0.1, -0.05) is 88.1 Å². The predicted molar refractivity (Wildman–Crippen MR) is 112 cm³/mol. The lowest BCUT2D eigenvalue weighted by Gasteiger charge is -2.13. The van der Waals surface area contributed by atoms with Crippen molar-refractivity contribution >= 4 is 23.2 Å². The van der Waals surface area contributed by atoms with Crippen LogP contribution in [0.15, 0.2) is 48.5 Å². The molecule has 2 aromatic carbocycles. The molecule has 0 aliphatic rings. The van der Waals surface area contributed by atoms with E-state index in [1.165, 1.54) is 47.9 Å². The first-order valence-corrected chi connectivity index (χ1v) is 10.5. The Hall–Kier alpha value is -0.980. The van der Waals surface area contributed by atoms with E-state index in [9.17, 15) is 0 Å². The van der Waals surface area contributed by atoms with Gasteiger partial charge in [0.15, 0.2) is 0 Å². The lowest BCUT2D eigenvalue weighted by atomic mass is 9.97. The number of hydrogen-bond acceptors (Lipinski definition) is 0. The monoisotopic (exact) mass is 376 g/mol. The highest BCUT2D eigenvalue weighted by Gasteiger charge is 2.10. The van der Waals surface area contributed by atoms with Crippen LogP contribution in [-0.4, -0.2) is 0 Å². The third-order valence-corrected chi connectivity index (χ3v) is 5.60. The zero-order valence-electron chi connectivity index (χ0n) is 15.5. The molecule has 2 aromatic rings. The zero-order chi connectivity index (χ0) is 18.1. The Balaban J connectivity index is 2.06. The highest BCUT2D eigenvalue weighted by atomic mass is 35.5. The predicted octanol–water partition coefficient (Wildman–Crippen LogP) is 8.22. The van der Waals surface area contributed by atoms with Gasteiger partial charge in [-0.3, -0.25) is 0 Å². The van der Waals surface area contributed by atoms with Gasteiger partial charge in [0.05, 0.1) is 10.8 Å². The summed E-state index contributed by atoms with van der Waals surface area (Å²) in [6.45, 7) is 4.41. The van der Waals surface area contributed by atoms with Crippen molar-refractivity contribution in [2.24, 2.45) is 0 Å². The number of benzene rings is 2. The Morgan fingerprint density at radius 1 is 0.720 bits per heavy atom. The quantitative estimate of drug-likeness (QED) is 0.366. The van der Waals surface area contributed by atoms with Gasteiger partial charge in [-0.05, 0) is 41.5 Å². The molecular formula is C23H30Cl2. The van der Waals surface area contributed by atoms with Crippen molar-refractivity contribution in [2.45, 2.75) is 69.5 Å². The van der Waals surface area contributed by atoms with Gasteiger partial charge in [0.25, 0.3) is 0 Å². The lowest BCUT2D eigenvalue weighted by molar-refractivity contribution is 0.700. The van der Waals surface area contributed by atoms with Crippen LogP contribution in [0.5, 0.6) is 0 Å². The molecule has 0 aliphatic carbocycles. The number of halogens is 2. The van der Waals surface area contributed by atoms with Gasteiger partial charge in [-0.25, -0.2) is 0 Å². The van der Waals surface area contributed by atoms with Crippen LogP contribution in [0, 0.1) is 0 Å². The van der Waals surface area contributed by atoms with E-state index >= 15 is 0 Å². The molecular weight excluding hydrogens is 347 g/mol. The minimum atomic E-state index is 0.118. The average molecular weight is 377 g/mol. The molecule has 0 radical (unpaired) electrons. The van der Waals surface area contributed by atoms with Gasteiger partial charge in [0.2, 0.25) is 0 Å². The van der Waals surface area contributed by atoms with E-state index < -0.39 is 0 Å². The summed E-state index contributed by atoms with van der Waals surface area (Å²) in [6, 6.07) is 17.4. The fourth-order valence-electron chi connectivity index (χ4n) is 3.13. The van der Waals surface area contributed by atoms with Crippen LogP contribution in [0.2, 0.25) is 0 Å². The molecule has 2 rings (SSSR count). The fourth-order valence-corrected chi connectivity index (χ4v) is 3.71. The average Bonchev–Trinajstić information content (AvgIpc) is 2.64. The highest BCUT2D eigenvalue weighted by Crippen LogP contribution is 2.29. The van der Waals surface area contributed by atoms with Crippen molar-refractivity contribution in [2.75, 3.05) is 0 Å². The van der Waals surface area contributed by atoms with Crippen LogP contribution in [0.3, 0.4) is 0 Å². The standard InChI is InChI=1S/C23H30Cl2/c1-3-5-13-22(24)20-11-7-9-18(16-20)15-19-10-8-12-21(17-19)23(25)14-6-4-2/h7-12,16-17,22-23H,3-6,13-15H2,1-2H3. The van der Waals surface area contributed by atoms with E-state index in [1.807, 2.05) is 0 Å². The second kappa shape index (κ2) is 10.9. The number of hydrogen-bond donors (Lipinski definition) is 0. The first-order chi connectivity index (χ1) is 12.1. The van der Waals surface area contributed by atoms with Gasteiger partial charge in [0, 0.05) is 0 Å². The first kappa shape index (κ1) is 20.3. The third-order valence-electron chi connectivity index (χ3n) is 4.66. The van der Waals surface area contributed by atoms with Crippen LogP contribution in [-0.2, 0) is 6.42 Å². The smallest absolute Gasteiger partial charge is 0.0585 e. The molecule has 0 spiro atoms. The Morgan fingerprint density at radius 3 is 1.56 bits per heavy atom. The molecule has 136 valence electrons. The molecule has 0 saturated carbocycles. The van der Waals surface area contributed by atoms with Crippen molar-refractivity contribution in [1.29, 1.82) is 0 Å². The topological polar surface area (TPSA) is 0 Å². The summed E-state index contributed by atoms with van der Waals surface area (Å²) in [5.74, 6) is 0. The molecule has 0 amide bonds. The van der Waals surface area contributed by atoms with E-state index in [0.29, 0.717) is 0 Å². The summed E-state index contributed by atoms with van der Waals surface area (Å²) in [7, 11) is 0. The van der Waals surface area contributed by atoms with Crippen molar-refractivity contribution in [3.63, 3.8) is 0 Å². The minimum absolute atomic E-state index is 0.118. The van der Waals surface area contributed by atoms with Gasteiger partial charge in [0.1, 0.15) is 0 Å². The SMILES string of the molecule is CCCCC(Cl)c1cccc(Cc2cccc(C(Cl)CCCC)c2)c1. The Kier molecular flexibility index (Phi) is 8.85. The normalized spacial score (nSPS) is 13.6. The molecule has 0 aromatic heterocycles. The second-order valence-electron chi connectivity index (χ2n) is 6.89. The van der Waals surface area contributed by atoms with Crippen LogP contribution in [0.4, 0.5) is 0 Å². The Labute approximate surface area is 163 Å². The van der Waals surface area contributed by atoms with Crippen molar-refractivity contribution in [3.05, 3.63) is 70.8 Å². The Morgan fingerprint density at radius 2 is 1.16 bits per heavy atom. The molecule has 2 atom stereocenters. The van der Waals surface area contributed by atoms with Gasteiger partial charge >= 0.3 is 0 Å². The Bertz CT molecular complexity index is 580. The van der Waals surface area contributed by atoms with E-state index in [1.54, 1.807) is 0 Å². The third kappa shape index (κ3) is 6.68. The second-order valence-corrected chi connectivity index (χ2v) is 7.94. The molecule has 2 unspecified atom stereocenters. The van der Waals surface area contributed by atoms with Crippen molar-refractivity contribution in [1.82, 2.24) is 0 Å². The molecule has 0 N–H and O–H groups in total. The van der Waals surface area contributed by atoms with Gasteiger partial charge < -0.3 is 0 Å². The molecule has 0 nitrogen and oxygen atoms in total. The van der Waals surface area contributed by atoms with Crippen molar-refractivity contribution in [3.8, 4) is 0 Å². The number of rotatable bonds is 10. The van der Waals surface area contributed by atoms with Crippen LogP contribution in [0.25, 0.3) is 0 Å².